The third-order valence-electron chi connectivity index (χ3n) is 6.95. The molecule has 186 valence electrons. The summed E-state index contributed by atoms with van der Waals surface area (Å²) in [5, 5.41) is 11.3. The Morgan fingerprint density at radius 2 is 1.57 bits per heavy atom. The molecule has 0 aromatic heterocycles. The highest BCUT2D eigenvalue weighted by Crippen LogP contribution is 2.34. The molecule has 0 spiro atoms. The second-order valence-corrected chi connectivity index (χ2v) is 11.5. The van der Waals surface area contributed by atoms with Crippen LogP contribution in [0.1, 0.15) is 36.0 Å². The Morgan fingerprint density at radius 3 is 2.17 bits per heavy atom. The van der Waals surface area contributed by atoms with Crippen LogP contribution in [0.2, 0.25) is 5.02 Å². The molecule has 1 N–H and O–H groups in total. The first-order valence-electron chi connectivity index (χ1n) is 11.7. The fourth-order valence-electron chi connectivity index (χ4n) is 4.68. The number of phenols is 1. The van der Waals surface area contributed by atoms with Gasteiger partial charge >= 0.3 is 0 Å². The van der Waals surface area contributed by atoms with Crippen molar-refractivity contribution >= 4 is 33.8 Å². The molecule has 0 unspecified atom stereocenters. The van der Waals surface area contributed by atoms with E-state index in [1.807, 2.05) is 12.1 Å². The van der Waals surface area contributed by atoms with Crippen LogP contribution >= 0.6 is 24.0 Å². The topological polar surface area (TPSA) is 66.8 Å². The molecule has 5 nitrogen and oxygen atoms in total. The maximum Gasteiger partial charge on any atom is 0.210 e. The number of hydrogen-bond donors (Lipinski definition) is 1. The zero-order valence-corrected chi connectivity index (χ0v) is 21.7. The van der Waals surface area contributed by atoms with E-state index in [0.29, 0.717) is 23.4 Å². The number of hydrogen-bond acceptors (Lipinski definition) is 5. The maximum absolute atomic E-state index is 13.4. The highest BCUT2D eigenvalue weighted by atomic mass is 35.5. The van der Waals surface area contributed by atoms with Gasteiger partial charge < -0.3 is 9.84 Å². The number of aromatic hydroxyl groups is 1. The second kappa shape index (κ2) is 10.8. The minimum atomic E-state index is -3.86. The summed E-state index contributed by atoms with van der Waals surface area (Å²) in [6, 6.07) is 17.7. The maximum atomic E-state index is 13.4. The van der Waals surface area contributed by atoms with Crippen LogP contribution in [0, 0.1) is 0 Å². The molecule has 0 saturated heterocycles. The van der Waals surface area contributed by atoms with Gasteiger partial charge in [0.2, 0.25) is 9.84 Å². The van der Waals surface area contributed by atoms with Crippen molar-refractivity contribution in [1.29, 1.82) is 0 Å². The van der Waals surface area contributed by atoms with E-state index >= 15 is 0 Å². The number of fused-ring (bicyclic) bond motifs is 1. The highest BCUT2D eigenvalue weighted by molar-refractivity contribution is 7.91. The van der Waals surface area contributed by atoms with Gasteiger partial charge in [0.15, 0.2) is 0 Å². The van der Waals surface area contributed by atoms with Crippen molar-refractivity contribution in [2.45, 2.75) is 54.5 Å². The quantitative estimate of drug-likeness (QED) is 0.431. The lowest BCUT2D eigenvalue weighted by Gasteiger charge is -2.36. The standard InChI is InChI=1S/C27H28ClNO4S.ClH/c28-22-6-4-19(5-7-22)18-33-24-8-10-25(11-9-24)34(31,32)27-17-21-13-15-29(23-2-1-3-23)14-12-20(21)16-26(27)30;/h4-11,16-17,23,30H,1-3,12-15,18H2;1H. The minimum Gasteiger partial charge on any atom is -0.507 e. The van der Waals surface area contributed by atoms with E-state index in [9.17, 15) is 13.5 Å². The van der Waals surface area contributed by atoms with Gasteiger partial charge in [-0.25, -0.2) is 8.42 Å². The van der Waals surface area contributed by atoms with Gasteiger partial charge in [0.25, 0.3) is 0 Å². The van der Waals surface area contributed by atoms with Crippen LogP contribution in [0.5, 0.6) is 11.5 Å². The molecule has 3 aromatic rings. The lowest BCUT2D eigenvalue weighted by molar-refractivity contribution is 0.133. The normalized spacial score (nSPS) is 16.5. The summed E-state index contributed by atoms with van der Waals surface area (Å²) in [4.78, 5) is 2.61. The largest absolute Gasteiger partial charge is 0.507 e. The van der Waals surface area contributed by atoms with Gasteiger partial charge in [-0.1, -0.05) is 30.2 Å². The van der Waals surface area contributed by atoms with E-state index in [-0.39, 0.29) is 27.9 Å². The van der Waals surface area contributed by atoms with Crippen LogP contribution < -0.4 is 4.74 Å². The van der Waals surface area contributed by atoms with Gasteiger partial charge in [0, 0.05) is 24.2 Å². The van der Waals surface area contributed by atoms with Crippen molar-refractivity contribution in [1.82, 2.24) is 4.90 Å². The smallest absolute Gasteiger partial charge is 0.210 e. The van der Waals surface area contributed by atoms with Gasteiger partial charge in [-0.15, -0.1) is 12.4 Å². The molecule has 35 heavy (non-hydrogen) atoms. The number of nitrogens with zero attached hydrogens (tertiary/aromatic N) is 1. The first kappa shape index (κ1) is 25.8. The van der Waals surface area contributed by atoms with Crippen molar-refractivity contribution in [2.24, 2.45) is 0 Å². The molecule has 0 atom stereocenters. The predicted octanol–water partition coefficient (Wildman–Crippen LogP) is 5.83. The Bertz CT molecular complexity index is 1270. The number of halogens is 2. The molecule has 1 saturated carbocycles. The van der Waals surface area contributed by atoms with E-state index in [0.717, 1.165) is 42.6 Å². The Balaban J connectivity index is 0.00000289. The Labute approximate surface area is 218 Å². The monoisotopic (exact) mass is 533 g/mol. The van der Waals surface area contributed by atoms with Gasteiger partial charge in [-0.3, -0.25) is 4.90 Å². The molecule has 5 rings (SSSR count). The molecule has 0 radical (unpaired) electrons. The van der Waals surface area contributed by atoms with Crippen LogP contribution in [-0.2, 0) is 29.3 Å². The minimum absolute atomic E-state index is 0. The van der Waals surface area contributed by atoms with Crippen LogP contribution in [0.3, 0.4) is 0 Å². The zero-order valence-electron chi connectivity index (χ0n) is 19.3. The molecule has 1 aliphatic carbocycles. The van der Waals surface area contributed by atoms with Crippen LogP contribution in [0.4, 0.5) is 0 Å². The van der Waals surface area contributed by atoms with Crippen LogP contribution in [0.15, 0.2) is 70.5 Å². The number of rotatable bonds is 6. The lowest BCUT2D eigenvalue weighted by Crippen LogP contribution is -2.41. The molecule has 1 heterocycles. The molecule has 3 aromatic carbocycles. The van der Waals surface area contributed by atoms with E-state index in [4.69, 9.17) is 16.3 Å². The van der Waals surface area contributed by atoms with Crippen molar-refractivity contribution in [3.8, 4) is 11.5 Å². The number of sulfone groups is 1. The third kappa shape index (κ3) is 5.61. The fraction of sp³-hybridized carbons (Fsp3) is 0.333. The first-order chi connectivity index (χ1) is 16.4. The molecule has 8 heteroatoms. The SMILES string of the molecule is Cl.O=S(=O)(c1ccc(OCc2ccc(Cl)cc2)cc1)c1cc2c(cc1O)CCN(C1CCC1)CC2. The molecule has 1 fully saturated rings. The summed E-state index contributed by atoms with van der Waals surface area (Å²) in [5.41, 5.74) is 3.03. The van der Waals surface area contributed by atoms with Gasteiger partial charge in [-0.05, 0) is 90.9 Å². The predicted molar refractivity (Wildman–Crippen MR) is 140 cm³/mol. The molecule has 1 aliphatic heterocycles. The van der Waals surface area contributed by atoms with E-state index in [1.165, 1.54) is 31.4 Å². The van der Waals surface area contributed by atoms with E-state index < -0.39 is 9.84 Å². The zero-order chi connectivity index (χ0) is 23.7. The van der Waals surface area contributed by atoms with Crippen molar-refractivity contribution in [2.75, 3.05) is 13.1 Å². The number of ether oxygens (including phenoxy) is 1. The summed E-state index contributed by atoms with van der Waals surface area (Å²) in [7, 11) is -3.86. The Kier molecular flexibility index (Phi) is 7.96. The highest BCUT2D eigenvalue weighted by Gasteiger charge is 2.28. The molecule has 2 aliphatic rings. The first-order valence-corrected chi connectivity index (χ1v) is 13.6. The molecule has 0 bridgehead atoms. The average molecular weight is 535 g/mol. The molecular formula is C27H29Cl2NO4S. The van der Waals surface area contributed by atoms with Gasteiger partial charge in [-0.2, -0.15) is 0 Å². The van der Waals surface area contributed by atoms with Gasteiger partial charge in [0.05, 0.1) is 4.90 Å². The van der Waals surface area contributed by atoms with Crippen molar-refractivity contribution in [3.63, 3.8) is 0 Å². The van der Waals surface area contributed by atoms with Crippen LogP contribution in [-0.4, -0.2) is 37.6 Å². The summed E-state index contributed by atoms with van der Waals surface area (Å²) in [6.07, 6.45) is 5.43. The van der Waals surface area contributed by atoms with Crippen LogP contribution in [0.25, 0.3) is 0 Å². The van der Waals surface area contributed by atoms with E-state index in [1.54, 1.807) is 36.4 Å². The second-order valence-electron chi connectivity index (χ2n) is 9.10. The summed E-state index contributed by atoms with van der Waals surface area (Å²) < 4.78 is 32.5. The Morgan fingerprint density at radius 1 is 0.943 bits per heavy atom. The number of phenolic OH excluding ortho intramolecular Hbond substituents is 1. The molecule has 0 amide bonds. The number of benzene rings is 3. The lowest BCUT2D eigenvalue weighted by atomic mass is 9.91. The average Bonchev–Trinajstić information content (AvgIpc) is 2.99. The van der Waals surface area contributed by atoms with E-state index in [2.05, 4.69) is 4.90 Å². The van der Waals surface area contributed by atoms with Gasteiger partial charge in [0.1, 0.15) is 23.0 Å². The molecular weight excluding hydrogens is 505 g/mol. The van der Waals surface area contributed by atoms with Crippen molar-refractivity contribution in [3.05, 3.63) is 82.4 Å². The third-order valence-corrected chi connectivity index (χ3v) is 9.00. The summed E-state index contributed by atoms with van der Waals surface area (Å²) in [5.74, 6) is 0.384. The summed E-state index contributed by atoms with van der Waals surface area (Å²) >= 11 is 5.91. The summed E-state index contributed by atoms with van der Waals surface area (Å²) in [6.45, 7) is 2.25. The Hall–Kier alpha value is -2.25. The fourth-order valence-corrected chi connectivity index (χ4v) is 6.19. The van der Waals surface area contributed by atoms with Crippen molar-refractivity contribution < 1.29 is 18.3 Å².